The van der Waals surface area contributed by atoms with Gasteiger partial charge in [0, 0.05) is 5.56 Å². The molecule has 0 amide bonds. The first-order valence-electron chi connectivity index (χ1n) is 13.5. The predicted octanol–water partition coefficient (Wildman–Crippen LogP) is 5.53. The summed E-state index contributed by atoms with van der Waals surface area (Å²) in [7, 11) is 0. The van der Waals surface area contributed by atoms with E-state index in [1.54, 1.807) is 18.4 Å². The Kier molecular flexibility index (Phi) is 7.35. The number of nitrogens with zero attached hydrogens (tertiary/aromatic N) is 2. The van der Waals surface area contributed by atoms with Crippen molar-refractivity contribution >= 4 is 34.2 Å². The minimum Gasteiger partial charge on any atom is -0.488 e. The molecular formula is C34H28N2O4S. The first-order chi connectivity index (χ1) is 20.0. The zero-order valence-corrected chi connectivity index (χ0v) is 23.6. The van der Waals surface area contributed by atoms with Crippen LogP contribution < -0.4 is 19.6 Å². The Morgan fingerprint density at radius 1 is 0.951 bits per heavy atom. The summed E-state index contributed by atoms with van der Waals surface area (Å²) in [5.74, 6) is 0.207. The number of carbonyl (C=O) groups is 1. The van der Waals surface area contributed by atoms with Crippen LogP contribution in [0.5, 0.6) is 5.75 Å². The quantitative estimate of drug-likeness (QED) is 0.246. The topological polar surface area (TPSA) is 69.9 Å². The van der Waals surface area contributed by atoms with E-state index in [-0.39, 0.29) is 12.2 Å². The van der Waals surface area contributed by atoms with Gasteiger partial charge in [-0.1, -0.05) is 102 Å². The Morgan fingerprint density at radius 2 is 1.68 bits per heavy atom. The van der Waals surface area contributed by atoms with Gasteiger partial charge in [-0.2, -0.15) is 0 Å². The number of benzene rings is 4. The minimum atomic E-state index is -0.633. The molecule has 0 saturated carbocycles. The Balaban J connectivity index is 1.41. The molecule has 1 aliphatic rings. The molecule has 1 aromatic heterocycles. The Morgan fingerprint density at radius 3 is 2.51 bits per heavy atom. The van der Waals surface area contributed by atoms with Gasteiger partial charge in [0.15, 0.2) is 4.80 Å². The van der Waals surface area contributed by atoms with Crippen molar-refractivity contribution in [2.24, 2.45) is 4.99 Å². The van der Waals surface area contributed by atoms with Crippen molar-refractivity contribution in [3.63, 3.8) is 0 Å². The molecule has 41 heavy (non-hydrogen) atoms. The van der Waals surface area contributed by atoms with E-state index in [0.717, 1.165) is 27.5 Å². The van der Waals surface area contributed by atoms with E-state index in [9.17, 15) is 9.59 Å². The maximum atomic E-state index is 13.9. The molecule has 0 unspecified atom stereocenters. The molecule has 4 aromatic carbocycles. The van der Waals surface area contributed by atoms with Gasteiger partial charge in [-0.3, -0.25) is 9.36 Å². The van der Waals surface area contributed by atoms with Crippen LogP contribution in [0.25, 0.3) is 16.8 Å². The van der Waals surface area contributed by atoms with Crippen molar-refractivity contribution in [2.45, 2.75) is 26.5 Å². The van der Waals surface area contributed by atoms with Gasteiger partial charge in [0.05, 0.1) is 28.5 Å². The molecular weight excluding hydrogens is 532 g/mol. The minimum absolute atomic E-state index is 0.222. The highest BCUT2D eigenvalue weighted by Crippen LogP contribution is 2.30. The van der Waals surface area contributed by atoms with E-state index in [4.69, 9.17) is 9.47 Å². The van der Waals surface area contributed by atoms with Crippen molar-refractivity contribution in [1.82, 2.24) is 4.57 Å². The fourth-order valence-corrected chi connectivity index (χ4v) is 6.23. The highest BCUT2D eigenvalue weighted by molar-refractivity contribution is 7.07. The second kappa shape index (κ2) is 11.4. The second-order valence-electron chi connectivity index (χ2n) is 9.68. The molecule has 7 heteroatoms. The molecule has 6 rings (SSSR count). The molecule has 0 saturated heterocycles. The van der Waals surface area contributed by atoms with E-state index in [1.807, 2.05) is 78.9 Å². The number of hydrogen-bond donors (Lipinski definition) is 0. The van der Waals surface area contributed by atoms with Gasteiger partial charge < -0.3 is 9.47 Å². The van der Waals surface area contributed by atoms with E-state index in [1.165, 1.54) is 11.3 Å². The maximum absolute atomic E-state index is 13.9. The number of allylic oxidation sites excluding steroid dienone is 1. The molecule has 0 N–H and O–H groups in total. The fraction of sp³-hybridized carbons (Fsp3) is 0.147. The van der Waals surface area contributed by atoms with Gasteiger partial charge in [0.1, 0.15) is 12.4 Å². The summed E-state index contributed by atoms with van der Waals surface area (Å²) in [4.78, 5) is 32.2. The normalized spacial score (nSPS) is 15.0. The molecule has 1 atom stereocenters. The van der Waals surface area contributed by atoms with Crippen molar-refractivity contribution in [3.8, 4) is 5.75 Å². The molecule has 1 aliphatic heterocycles. The molecule has 204 valence electrons. The van der Waals surface area contributed by atoms with Crippen LogP contribution in [0.15, 0.2) is 118 Å². The van der Waals surface area contributed by atoms with Gasteiger partial charge in [0.2, 0.25) is 0 Å². The van der Waals surface area contributed by atoms with Gasteiger partial charge in [0.25, 0.3) is 5.56 Å². The van der Waals surface area contributed by atoms with Crippen LogP contribution in [-0.2, 0) is 16.1 Å². The predicted molar refractivity (Wildman–Crippen MR) is 162 cm³/mol. The summed E-state index contributed by atoms with van der Waals surface area (Å²) in [5, 5.41) is 2.31. The third-order valence-corrected chi connectivity index (χ3v) is 8.08. The summed E-state index contributed by atoms with van der Waals surface area (Å²) in [6, 6.07) is 31.0. The van der Waals surface area contributed by atoms with Crippen LogP contribution in [0.1, 0.15) is 36.6 Å². The van der Waals surface area contributed by atoms with Gasteiger partial charge >= 0.3 is 5.97 Å². The Bertz CT molecular complexity index is 1970. The lowest BCUT2D eigenvalue weighted by Crippen LogP contribution is -2.39. The van der Waals surface area contributed by atoms with Crippen LogP contribution >= 0.6 is 11.3 Å². The molecule has 0 fully saturated rings. The average Bonchev–Trinajstić information content (AvgIpc) is 3.30. The number of hydrogen-bond acceptors (Lipinski definition) is 6. The van der Waals surface area contributed by atoms with Crippen LogP contribution in [0.2, 0.25) is 0 Å². The van der Waals surface area contributed by atoms with Crippen molar-refractivity contribution in [2.75, 3.05) is 6.61 Å². The number of para-hydroxylation sites is 1. The lowest BCUT2D eigenvalue weighted by atomic mass is 9.96. The summed E-state index contributed by atoms with van der Waals surface area (Å²) < 4.78 is 13.8. The SMILES string of the molecule is CCOC(=O)C1=C(C)N=c2s/c(=C\c3ccccc3OCc3cccc4ccccc34)c(=O)n2[C@H]1c1ccccc1. The van der Waals surface area contributed by atoms with Crippen LogP contribution in [0.4, 0.5) is 0 Å². The zero-order valence-electron chi connectivity index (χ0n) is 22.7. The fourth-order valence-electron chi connectivity index (χ4n) is 5.19. The number of fused-ring (bicyclic) bond motifs is 2. The van der Waals surface area contributed by atoms with Crippen LogP contribution in [-0.4, -0.2) is 17.1 Å². The van der Waals surface area contributed by atoms with E-state index in [0.29, 0.717) is 33.0 Å². The van der Waals surface area contributed by atoms with E-state index in [2.05, 4.69) is 29.3 Å². The maximum Gasteiger partial charge on any atom is 0.338 e. The summed E-state index contributed by atoms with van der Waals surface area (Å²) >= 11 is 1.30. The van der Waals surface area contributed by atoms with Crippen molar-refractivity contribution in [1.29, 1.82) is 0 Å². The lowest BCUT2D eigenvalue weighted by Gasteiger charge is -2.24. The number of esters is 1. The van der Waals surface area contributed by atoms with Crippen LogP contribution in [0, 0.1) is 0 Å². The van der Waals surface area contributed by atoms with Gasteiger partial charge in [-0.15, -0.1) is 0 Å². The van der Waals surface area contributed by atoms with Crippen LogP contribution in [0.3, 0.4) is 0 Å². The molecule has 5 aromatic rings. The first kappa shape index (κ1) is 26.5. The molecule has 0 radical (unpaired) electrons. The number of rotatable bonds is 7. The lowest BCUT2D eigenvalue weighted by molar-refractivity contribution is -0.139. The Labute approximate surface area is 241 Å². The Hall–Kier alpha value is -4.75. The molecule has 6 nitrogen and oxygen atoms in total. The molecule has 2 heterocycles. The van der Waals surface area contributed by atoms with Crippen molar-refractivity contribution < 1.29 is 14.3 Å². The average molecular weight is 561 g/mol. The summed E-state index contributed by atoms with van der Waals surface area (Å²) in [6.07, 6.45) is 1.84. The van der Waals surface area contributed by atoms with E-state index >= 15 is 0 Å². The number of carbonyl (C=O) groups excluding carboxylic acids is 1. The molecule has 0 aliphatic carbocycles. The smallest absolute Gasteiger partial charge is 0.338 e. The molecule has 0 spiro atoms. The third-order valence-electron chi connectivity index (χ3n) is 7.10. The first-order valence-corrected chi connectivity index (χ1v) is 14.3. The third kappa shape index (κ3) is 5.12. The van der Waals surface area contributed by atoms with Crippen molar-refractivity contribution in [3.05, 3.63) is 145 Å². The number of aromatic nitrogens is 1. The highest BCUT2D eigenvalue weighted by Gasteiger charge is 2.33. The monoisotopic (exact) mass is 560 g/mol. The summed E-state index contributed by atoms with van der Waals surface area (Å²) in [6.45, 7) is 4.18. The molecule has 0 bridgehead atoms. The van der Waals surface area contributed by atoms with Gasteiger partial charge in [-0.05, 0) is 47.9 Å². The highest BCUT2D eigenvalue weighted by atomic mass is 32.1. The zero-order chi connectivity index (χ0) is 28.3. The summed E-state index contributed by atoms with van der Waals surface area (Å²) in [5.41, 5.74) is 3.38. The standard InChI is InChI=1S/C34H28N2O4S/c1-3-39-33(38)30-22(2)35-34-36(31(30)24-13-5-4-6-14-24)32(37)29(41-34)20-25-15-8-10-19-28(25)40-21-26-17-11-16-23-12-7-9-18-27(23)26/h4-20,31H,3,21H2,1-2H3/b29-20-/t31-/m0/s1. The largest absolute Gasteiger partial charge is 0.488 e. The van der Waals surface area contributed by atoms with Gasteiger partial charge in [-0.25, -0.2) is 9.79 Å². The number of ether oxygens (including phenoxy) is 2. The second-order valence-corrected chi connectivity index (χ2v) is 10.7. The van der Waals surface area contributed by atoms with E-state index < -0.39 is 12.0 Å². The number of thiazole rings is 1.